The molecule has 4 fully saturated rings. The molecule has 2 aromatic carbocycles. The van der Waals surface area contributed by atoms with Crippen molar-refractivity contribution in [3.05, 3.63) is 64.2 Å². The first kappa shape index (κ1) is 19.1. The Bertz CT molecular complexity index is 934. The summed E-state index contributed by atoms with van der Waals surface area (Å²) in [5.41, 5.74) is 2.10. The van der Waals surface area contributed by atoms with Gasteiger partial charge >= 0.3 is 0 Å². The summed E-state index contributed by atoms with van der Waals surface area (Å²) in [5, 5.41) is 13.5. The number of rotatable bonds is 6. The molecule has 6 nitrogen and oxygen atoms in total. The van der Waals surface area contributed by atoms with Crippen LogP contribution in [0.1, 0.15) is 44.1 Å². The Hall–Kier alpha value is -2.89. The zero-order chi connectivity index (χ0) is 20.7. The third-order valence-corrected chi connectivity index (χ3v) is 7.22. The zero-order valence-corrected chi connectivity index (χ0v) is 16.9. The second-order valence-corrected chi connectivity index (χ2v) is 9.37. The van der Waals surface area contributed by atoms with Gasteiger partial charge in [-0.1, -0.05) is 18.2 Å². The maximum absolute atomic E-state index is 12.2. The minimum absolute atomic E-state index is 0.0611. The molecule has 1 amide bonds. The number of ether oxygens (including phenoxy) is 1. The van der Waals surface area contributed by atoms with Gasteiger partial charge in [0.05, 0.1) is 4.92 Å². The molecule has 0 radical (unpaired) electrons. The molecule has 4 bridgehead atoms. The van der Waals surface area contributed by atoms with Crippen molar-refractivity contribution in [2.24, 2.45) is 17.8 Å². The first-order valence-electron chi connectivity index (χ1n) is 10.8. The van der Waals surface area contributed by atoms with Crippen molar-refractivity contribution in [2.45, 2.75) is 43.9 Å². The fraction of sp³-hybridized carbons (Fsp3) is 0.458. The summed E-state index contributed by atoms with van der Waals surface area (Å²) < 4.78 is 5.65. The highest BCUT2D eigenvalue weighted by Gasteiger charge is 2.51. The van der Waals surface area contributed by atoms with E-state index in [4.69, 9.17) is 4.74 Å². The van der Waals surface area contributed by atoms with Gasteiger partial charge in [0.25, 0.3) is 11.6 Å². The quantitative estimate of drug-likeness (QED) is 0.536. The lowest BCUT2D eigenvalue weighted by atomic mass is 9.48. The van der Waals surface area contributed by atoms with Crippen LogP contribution in [-0.4, -0.2) is 17.4 Å². The fourth-order valence-corrected chi connectivity index (χ4v) is 6.41. The number of nitro benzene ring substituents is 1. The molecule has 0 saturated heterocycles. The summed E-state index contributed by atoms with van der Waals surface area (Å²) >= 11 is 0. The summed E-state index contributed by atoms with van der Waals surface area (Å²) in [7, 11) is 0. The van der Waals surface area contributed by atoms with Crippen LogP contribution >= 0.6 is 0 Å². The van der Waals surface area contributed by atoms with Crippen molar-refractivity contribution in [3.8, 4) is 5.75 Å². The van der Waals surface area contributed by atoms with Crippen molar-refractivity contribution in [3.63, 3.8) is 0 Å². The number of nitro groups is 1. The highest BCUT2D eigenvalue weighted by Crippen LogP contribution is 2.60. The number of carbonyl (C=O) groups is 1. The number of amides is 1. The number of non-ortho nitro benzene ring substituents is 1. The van der Waals surface area contributed by atoms with E-state index < -0.39 is 4.92 Å². The van der Waals surface area contributed by atoms with E-state index in [0.717, 1.165) is 17.8 Å². The second-order valence-electron chi connectivity index (χ2n) is 9.37. The first-order valence-corrected chi connectivity index (χ1v) is 10.8. The van der Waals surface area contributed by atoms with Gasteiger partial charge in [-0.2, -0.15) is 0 Å². The Morgan fingerprint density at radius 3 is 2.27 bits per heavy atom. The smallest absolute Gasteiger partial charge is 0.271 e. The SMILES string of the molecule is O=C(COc1ccc(C23CC4CC(CC(C4)C2)C3)cc1)Nc1cccc([N+](=O)[O-])c1. The molecule has 156 valence electrons. The number of nitrogens with one attached hydrogen (secondary N) is 1. The predicted molar refractivity (Wildman–Crippen MR) is 114 cm³/mol. The number of hydrogen-bond acceptors (Lipinski definition) is 4. The number of hydrogen-bond donors (Lipinski definition) is 1. The minimum Gasteiger partial charge on any atom is -0.484 e. The van der Waals surface area contributed by atoms with Gasteiger partial charge in [-0.05, 0) is 85.5 Å². The summed E-state index contributed by atoms with van der Waals surface area (Å²) in [6.07, 6.45) is 8.26. The molecule has 0 aliphatic heterocycles. The molecule has 30 heavy (non-hydrogen) atoms. The predicted octanol–water partition coefficient (Wildman–Crippen LogP) is 5.08. The normalized spacial score (nSPS) is 28.9. The van der Waals surface area contributed by atoms with Crippen molar-refractivity contribution in [2.75, 3.05) is 11.9 Å². The average molecular weight is 406 g/mol. The molecular formula is C24H26N2O4. The maximum atomic E-state index is 12.2. The van der Waals surface area contributed by atoms with Gasteiger partial charge in [0, 0.05) is 17.8 Å². The molecule has 1 N–H and O–H groups in total. The van der Waals surface area contributed by atoms with Crippen molar-refractivity contribution >= 4 is 17.3 Å². The van der Waals surface area contributed by atoms with E-state index in [1.807, 2.05) is 12.1 Å². The molecule has 0 unspecified atom stereocenters. The van der Waals surface area contributed by atoms with Gasteiger partial charge in [0.1, 0.15) is 5.75 Å². The lowest BCUT2D eigenvalue weighted by Gasteiger charge is -2.57. The largest absolute Gasteiger partial charge is 0.484 e. The zero-order valence-electron chi connectivity index (χ0n) is 16.9. The molecule has 6 rings (SSSR count). The van der Waals surface area contributed by atoms with Crippen molar-refractivity contribution < 1.29 is 14.5 Å². The molecule has 4 aliphatic carbocycles. The van der Waals surface area contributed by atoms with Crippen LogP contribution in [0.3, 0.4) is 0 Å². The summed E-state index contributed by atoms with van der Waals surface area (Å²) in [6, 6.07) is 14.2. The van der Waals surface area contributed by atoms with Gasteiger partial charge in [-0.3, -0.25) is 14.9 Å². The molecule has 0 atom stereocenters. The first-order chi connectivity index (χ1) is 14.5. The van der Waals surface area contributed by atoms with Crippen LogP contribution in [-0.2, 0) is 10.2 Å². The van der Waals surface area contributed by atoms with Crippen LogP contribution in [0.25, 0.3) is 0 Å². The van der Waals surface area contributed by atoms with E-state index in [2.05, 4.69) is 17.4 Å². The maximum Gasteiger partial charge on any atom is 0.271 e. The van der Waals surface area contributed by atoms with Crippen LogP contribution in [0, 0.1) is 27.9 Å². The third kappa shape index (κ3) is 3.66. The third-order valence-electron chi connectivity index (χ3n) is 7.22. The Balaban J connectivity index is 1.19. The van der Waals surface area contributed by atoms with Gasteiger partial charge in [0.2, 0.25) is 0 Å². The molecule has 6 heteroatoms. The van der Waals surface area contributed by atoms with E-state index in [0.29, 0.717) is 16.9 Å². The number of carbonyl (C=O) groups excluding carboxylic acids is 1. The van der Waals surface area contributed by atoms with E-state index >= 15 is 0 Å². The standard InChI is InChI=1S/C24H26N2O4/c27-23(25-20-2-1-3-21(11-20)26(28)29)15-30-22-6-4-19(5-7-22)24-12-16-8-17(13-24)10-18(9-16)14-24/h1-7,11,16-18H,8-10,12-15H2,(H,25,27). The van der Waals surface area contributed by atoms with Gasteiger partial charge < -0.3 is 10.1 Å². The van der Waals surface area contributed by atoms with E-state index in [9.17, 15) is 14.9 Å². The average Bonchev–Trinajstić information content (AvgIpc) is 2.72. The van der Waals surface area contributed by atoms with Gasteiger partial charge in [-0.15, -0.1) is 0 Å². The van der Waals surface area contributed by atoms with Gasteiger partial charge in [0.15, 0.2) is 6.61 Å². The number of anilines is 1. The van der Waals surface area contributed by atoms with Crippen LogP contribution in [0.15, 0.2) is 48.5 Å². The van der Waals surface area contributed by atoms with Crippen LogP contribution in [0.5, 0.6) is 5.75 Å². The molecule has 0 aromatic heterocycles. The molecule has 0 heterocycles. The lowest BCUT2D eigenvalue weighted by Crippen LogP contribution is -2.48. The van der Waals surface area contributed by atoms with Crippen molar-refractivity contribution in [1.29, 1.82) is 0 Å². The summed E-state index contributed by atoms with van der Waals surface area (Å²) in [6.45, 7) is -0.139. The topological polar surface area (TPSA) is 81.5 Å². The Labute approximate surface area is 175 Å². The number of nitrogens with zero attached hydrogens (tertiary/aromatic N) is 1. The minimum atomic E-state index is -0.489. The highest BCUT2D eigenvalue weighted by atomic mass is 16.6. The Morgan fingerprint density at radius 1 is 1.03 bits per heavy atom. The Morgan fingerprint density at radius 2 is 1.67 bits per heavy atom. The van der Waals surface area contributed by atoms with Gasteiger partial charge in [-0.25, -0.2) is 0 Å². The fourth-order valence-electron chi connectivity index (χ4n) is 6.41. The second kappa shape index (κ2) is 7.42. The summed E-state index contributed by atoms with van der Waals surface area (Å²) in [5.74, 6) is 3.04. The molecule has 2 aromatic rings. The van der Waals surface area contributed by atoms with Crippen LogP contribution < -0.4 is 10.1 Å². The van der Waals surface area contributed by atoms with E-state index in [1.54, 1.807) is 6.07 Å². The van der Waals surface area contributed by atoms with Crippen molar-refractivity contribution in [1.82, 2.24) is 0 Å². The Kier molecular flexibility index (Phi) is 4.72. The van der Waals surface area contributed by atoms with E-state index in [-0.39, 0.29) is 18.2 Å². The molecular weight excluding hydrogens is 380 g/mol. The van der Waals surface area contributed by atoms with E-state index in [1.165, 1.54) is 62.3 Å². The highest BCUT2D eigenvalue weighted by molar-refractivity contribution is 5.92. The van der Waals surface area contributed by atoms with Crippen LogP contribution in [0.2, 0.25) is 0 Å². The molecule has 4 aliphatic rings. The monoisotopic (exact) mass is 406 g/mol. The molecule has 0 spiro atoms. The number of benzene rings is 2. The summed E-state index contributed by atoms with van der Waals surface area (Å²) in [4.78, 5) is 22.5. The van der Waals surface area contributed by atoms with Crippen LogP contribution in [0.4, 0.5) is 11.4 Å². The lowest BCUT2D eigenvalue weighted by molar-refractivity contribution is -0.384. The molecule has 4 saturated carbocycles.